The lowest BCUT2D eigenvalue weighted by molar-refractivity contribution is -0.123. The van der Waals surface area contributed by atoms with Gasteiger partial charge in [0.2, 0.25) is 5.91 Å². The van der Waals surface area contributed by atoms with Gasteiger partial charge in [0.1, 0.15) is 17.8 Å². The molecule has 0 spiro atoms. The Labute approximate surface area is 96.3 Å². The van der Waals surface area contributed by atoms with E-state index in [1.807, 2.05) is 0 Å². The number of fused-ring (bicyclic) bond motifs is 2. The molecule has 2 aliphatic heterocycles. The second-order valence-electron chi connectivity index (χ2n) is 4.29. The van der Waals surface area contributed by atoms with E-state index in [4.69, 9.17) is 19.9 Å². The van der Waals surface area contributed by atoms with Crippen LogP contribution in [0.3, 0.4) is 0 Å². The predicted molar refractivity (Wildman–Crippen MR) is 54.6 cm³/mol. The van der Waals surface area contributed by atoms with Gasteiger partial charge in [-0.3, -0.25) is 4.79 Å². The number of amides is 1. The highest BCUT2D eigenvalue weighted by Gasteiger charge is 2.43. The first-order valence-electron chi connectivity index (χ1n) is 5.09. The molecule has 3 rings (SSSR count). The number of hydrogen-bond acceptors (Lipinski definition) is 4. The molecular formula is C11H10FNO4. The van der Waals surface area contributed by atoms with Gasteiger partial charge in [0, 0.05) is 11.6 Å². The van der Waals surface area contributed by atoms with Crippen molar-refractivity contribution >= 4 is 5.91 Å². The van der Waals surface area contributed by atoms with Crippen molar-refractivity contribution in [2.24, 2.45) is 5.73 Å². The van der Waals surface area contributed by atoms with Gasteiger partial charge in [0.15, 0.2) is 11.5 Å². The minimum Gasteiger partial charge on any atom is -0.492 e. The second kappa shape index (κ2) is 3.03. The molecule has 0 aliphatic carbocycles. The van der Waals surface area contributed by atoms with Crippen LogP contribution in [0.2, 0.25) is 0 Å². The lowest BCUT2D eigenvalue weighted by Crippen LogP contribution is -2.39. The summed E-state index contributed by atoms with van der Waals surface area (Å²) in [5.74, 6) is 0.508. The average molecular weight is 239 g/mol. The van der Waals surface area contributed by atoms with Crippen molar-refractivity contribution in [2.45, 2.75) is 18.9 Å². The minimum atomic E-state index is -1.81. The highest BCUT2D eigenvalue weighted by molar-refractivity contribution is 5.88. The van der Waals surface area contributed by atoms with Gasteiger partial charge < -0.3 is 19.9 Å². The first-order valence-corrected chi connectivity index (χ1v) is 5.09. The summed E-state index contributed by atoms with van der Waals surface area (Å²) in [4.78, 5) is 11.4. The summed E-state index contributed by atoms with van der Waals surface area (Å²) >= 11 is 0. The van der Waals surface area contributed by atoms with E-state index < -0.39 is 17.9 Å². The van der Waals surface area contributed by atoms with E-state index in [2.05, 4.69) is 0 Å². The van der Waals surface area contributed by atoms with E-state index >= 15 is 0 Å². The summed E-state index contributed by atoms with van der Waals surface area (Å²) in [5, 5.41) is 0. The Balaban J connectivity index is 2.12. The normalized spacial score (nSPS) is 28.7. The van der Waals surface area contributed by atoms with Crippen LogP contribution in [-0.4, -0.2) is 19.1 Å². The van der Waals surface area contributed by atoms with Crippen molar-refractivity contribution in [3.8, 4) is 17.2 Å². The van der Waals surface area contributed by atoms with Crippen molar-refractivity contribution in [3.05, 3.63) is 17.7 Å². The number of rotatable bonds is 1. The maximum Gasteiger partial charge on any atom is 0.397 e. The third-order valence-electron chi connectivity index (χ3n) is 3.14. The fourth-order valence-corrected chi connectivity index (χ4v) is 2.00. The summed E-state index contributed by atoms with van der Waals surface area (Å²) < 4.78 is 27.8. The Morgan fingerprint density at radius 1 is 1.41 bits per heavy atom. The number of hydrogen-bond donors (Lipinski definition) is 1. The first kappa shape index (κ1) is 10.2. The topological polar surface area (TPSA) is 70.8 Å². The average Bonchev–Trinajstić information content (AvgIpc) is 2.77. The summed E-state index contributed by atoms with van der Waals surface area (Å²) in [7, 11) is 0. The zero-order valence-electron chi connectivity index (χ0n) is 9.03. The number of carbonyl (C=O) groups is 1. The summed E-state index contributed by atoms with van der Waals surface area (Å²) in [6.45, 7) is 0.0305. The number of benzene rings is 1. The van der Waals surface area contributed by atoms with Gasteiger partial charge in [0.05, 0.1) is 0 Å². The molecule has 1 aromatic rings. The van der Waals surface area contributed by atoms with Crippen LogP contribution in [0.25, 0.3) is 0 Å². The summed E-state index contributed by atoms with van der Waals surface area (Å²) in [5.41, 5.74) is 5.04. The number of nitrogens with two attached hydrogens (primary N) is 1. The number of ether oxygens (including phenoxy) is 3. The molecule has 1 amide bonds. The van der Waals surface area contributed by atoms with E-state index in [-0.39, 0.29) is 18.1 Å². The lowest BCUT2D eigenvalue weighted by Gasteiger charge is -2.17. The van der Waals surface area contributed by atoms with Gasteiger partial charge in [-0.25, -0.2) is 0 Å². The number of alkyl halides is 1. The maximum absolute atomic E-state index is 12.9. The highest BCUT2D eigenvalue weighted by atomic mass is 19.2. The molecule has 2 N–H and O–H groups in total. The van der Waals surface area contributed by atoms with Crippen LogP contribution in [0.15, 0.2) is 12.1 Å². The third kappa shape index (κ3) is 1.26. The van der Waals surface area contributed by atoms with Crippen molar-refractivity contribution < 1.29 is 23.4 Å². The zero-order valence-corrected chi connectivity index (χ0v) is 9.03. The van der Waals surface area contributed by atoms with Gasteiger partial charge >= 0.3 is 6.54 Å². The largest absolute Gasteiger partial charge is 0.492 e. The van der Waals surface area contributed by atoms with E-state index in [9.17, 15) is 9.18 Å². The summed E-state index contributed by atoms with van der Waals surface area (Å²) in [6.07, 6.45) is 0. The van der Waals surface area contributed by atoms with Gasteiger partial charge in [-0.2, -0.15) is 4.39 Å². The first-order chi connectivity index (χ1) is 8.00. The van der Waals surface area contributed by atoms with Crippen molar-refractivity contribution in [1.29, 1.82) is 0 Å². The highest BCUT2D eigenvalue weighted by Crippen LogP contribution is 2.47. The Bertz CT molecular complexity index is 518. The van der Waals surface area contributed by atoms with E-state index in [1.165, 1.54) is 6.07 Å². The van der Waals surface area contributed by atoms with Crippen molar-refractivity contribution in [2.75, 3.05) is 6.61 Å². The Kier molecular flexibility index (Phi) is 1.81. The fraction of sp³-hybridized carbons (Fsp3) is 0.364. The maximum atomic E-state index is 12.9. The molecule has 0 radical (unpaired) electrons. The minimum absolute atomic E-state index is 0.166. The van der Waals surface area contributed by atoms with Crippen LogP contribution >= 0.6 is 0 Å². The Morgan fingerprint density at radius 2 is 2.06 bits per heavy atom. The molecule has 90 valence electrons. The predicted octanol–water partition coefficient (Wildman–Crippen LogP) is 0.846. The Hall–Kier alpha value is -1.98. The number of primary amides is 1. The quantitative estimate of drug-likeness (QED) is 0.788. The monoisotopic (exact) mass is 239 g/mol. The molecule has 6 heteroatoms. The molecular weight excluding hydrogens is 229 g/mol. The molecule has 0 saturated heterocycles. The smallest absolute Gasteiger partial charge is 0.397 e. The molecule has 0 bridgehead atoms. The molecule has 0 aromatic heterocycles. The van der Waals surface area contributed by atoms with Gasteiger partial charge in [0.25, 0.3) is 0 Å². The van der Waals surface area contributed by atoms with E-state index in [1.54, 1.807) is 13.0 Å². The number of halogens is 1. The van der Waals surface area contributed by atoms with E-state index in [0.29, 0.717) is 11.3 Å². The molecule has 1 aromatic carbocycles. The van der Waals surface area contributed by atoms with Crippen LogP contribution in [0.5, 0.6) is 17.2 Å². The van der Waals surface area contributed by atoms with Crippen LogP contribution in [0.4, 0.5) is 4.39 Å². The lowest BCUT2D eigenvalue weighted by atomic mass is 9.84. The van der Waals surface area contributed by atoms with Crippen LogP contribution < -0.4 is 19.9 Å². The fourth-order valence-electron chi connectivity index (χ4n) is 2.00. The summed E-state index contributed by atoms with van der Waals surface area (Å²) in [6, 6.07) is 3.06. The molecule has 0 fully saturated rings. The Morgan fingerprint density at radius 3 is 2.71 bits per heavy atom. The SMILES string of the molecule is CC1(C(N)=O)COc2cc3c(cc21)OC(F)O3. The molecule has 2 aliphatic rings. The molecule has 0 saturated carbocycles. The molecule has 17 heavy (non-hydrogen) atoms. The van der Waals surface area contributed by atoms with Gasteiger partial charge in [-0.1, -0.05) is 0 Å². The standard InChI is InChI=1S/C11H10FNO4/c1-11(9(13)14)4-15-6-3-8-7(2-5(6)11)16-10(12)17-8/h2-3,10H,4H2,1H3,(H2,13,14). The molecule has 5 nitrogen and oxygen atoms in total. The second-order valence-corrected chi connectivity index (χ2v) is 4.29. The van der Waals surface area contributed by atoms with Crippen LogP contribution in [0.1, 0.15) is 12.5 Å². The number of carbonyl (C=O) groups excluding carboxylic acids is 1. The van der Waals surface area contributed by atoms with E-state index in [0.717, 1.165) is 0 Å². The van der Waals surface area contributed by atoms with Gasteiger partial charge in [-0.05, 0) is 13.0 Å². The zero-order chi connectivity index (χ0) is 12.2. The molecule has 2 heterocycles. The molecule has 2 unspecified atom stereocenters. The third-order valence-corrected chi connectivity index (χ3v) is 3.14. The molecule has 2 atom stereocenters. The van der Waals surface area contributed by atoms with Crippen LogP contribution in [0, 0.1) is 0 Å². The van der Waals surface area contributed by atoms with Gasteiger partial charge in [-0.15, -0.1) is 0 Å². The van der Waals surface area contributed by atoms with Crippen molar-refractivity contribution in [1.82, 2.24) is 0 Å². The van der Waals surface area contributed by atoms with Crippen molar-refractivity contribution in [3.63, 3.8) is 0 Å². The van der Waals surface area contributed by atoms with Crippen LogP contribution in [-0.2, 0) is 10.2 Å².